The Bertz CT molecular complexity index is 1180. The zero-order valence-electron chi connectivity index (χ0n) is 16.1. The van der Waals surface area contributed by atoms with Gasteiger partial charge in [0.2, 0.25) is 9.84 Å². The van der Waals surface area contributed by atoms with Gasteiger partial charge in [0.1, 0.15) is 6.33 Å². The fourth-order valence-corrected chi connectivity index (χ4v) is 4.00. The van der Waals surface area contributed by atoms with Crippen molar-refractivity contribution in [1.82, 2.24) is 9.55 Å². The van der Waals surface area contributed by atoms with Crippen LogP contribution in [0.5, 0.6) is 5.75 Å². The van der Waals surface area contributed by atoms with E-state index in [-0.39, 0.29) is 15.8 Å². The van der Waals surface area contributed by atoms with Gasteiger partial charge >= 0.3 is 5.97 Å². The predicted octanol–water partition coefficient (Wildman–Crippen LogP) is 4.02. The first-order valence-corrected chi connectivity index (χ1v) is 10.9. The number of esters is 1. The first kappa shape index (κ1) is 21.8. The summed E-state index contributed by atoms with van der Waals surface area (Å²) >= 11 is 6.23. The number of benzene rings is 2. The van der Waals surface area contributed by atoms with Crippen LogP contribution in [0.25, 0.3) is 16.9 Å². The highest BCUT2D eigenvalue weighted by molar-refractivity contribution is 7.91. The van der Waals surface area contributed by atoms with Gasteiger partial charge in [0.05, 0.1) is 17.2 Å². The van der Waals surface area contributed by atoms with Gasteiger partial charge in [0.15, 0.2) is 22.7 Å². The number of nitrogens with zero attached hydrogens (tertiary/aromatic N) is 2. The van der Waals surface area contributed by atoms with Crippen LogP contribution in [0.15, 0.2) is 53.7 Å². The summed E-state index contributed by atoms with van der Waals surface area (Å²) in [5.74, 6) is -1.83. The third-order valence-electron chi connectivity index (χ3n) is 4.12. The summed E-state index contributed by atoms with van der Waals surface area (Å²) in [7, 11) is -3.78. The van der Waals surface area contributed by atoms with Gasteiger partial charge in [-0.15, -0.1) is 0 Å². The molecule has 3 rings (SSSR count). The number of aromatic nitrogens is 2. The average Bonchev–Trinajstić information content (AvgIpc) is 3.10. The SMILES string of the molecule is CCOc1ccc(-c2c(Cl)ncn2-c2ccc(S(=O)(=O)COC(C)=O)cc2)cc1F. The van der Waals surface area contributed by atoms with Crippen LogP contribution in [0.3, 0.4) is 0 Å². The van der Waals surface area contributed by atoms with Crippen molar-refractivity contribution >= 4 is 27.4 Å². The fraction of sp³-hybridized carbons (Fsp3) is 0.200. The number of carbonyl (C=O) groups excluding carboxylic acids is 1. The molecular weight excluding hydrogens is 435 g/mol. The minimum atomic E-state index is -3.78. The summed E-state index contributed by atoms with van der Waals surface area (Å²) < 4.78 is 50.2. The quantitative estimate of drug-likeness (QED) is 0.503. The van der Waals surface area contributed by atoms with Gasteiger partial charge in [-0.3, -0.25) is 9.36 Å². The summed E-state index contributed by atoms with van der Waals surface area (Å²) in [4.78, 5) is 14.9. The molecule has 0 bridgehead atoms. The molecule has 2 aromatic carbocycles. The van der Waals surface area contributed by atoms with Gasteiger partial charge < -0.3 is 9.47 Å². The summed E-state index contributed by atoms with van der Waals surface area (Å²) in [5.41, 5.74) is 1.48. The van der Waals surface area contributed by atoms with Crippen LogP contribution in [0, 0.1) is 5.82 Å². The molecule has 1 heterocycles. The van der Waals surface area contributed by atoms with Crippen molar-refractivity contribution < 1.29 is 27.1 Å². The molecule has 0 fully saturated rings. The van der Waals surface area contributed by atoms with E-state index in [0.717, 1.165) is 6.92 Å². The van der Waals surface area contributed by atoms with E-state index in [4.69, 9.17) is 16.3 Å². The number of halogens is 2. The van der Waals surface area contributed by atoms with E-state index in [0.29, 0.717) is 23.6 Å². The second kappa shape index (κ2) is 8.85. The predicted molar refractivity (Wildman–Crippen MR) is 109 cm³/mol. The van der Waals surface area contributed by atoms with Crippen molar-refractivity contribution in [3.8, 4) is 22.7 Å². The molecule has 0 spiro atoms. The van der Waals surface area contributed by atoms with Crippen molar-refractivity contribution in [1.29, 1.82) is 0 Å². The maximum atomic E-state index is 14.3. The number of rotatable bonds is 7. The third kappa shape index (κ3) is 4.63. The lowest BCUT2D eigenvalue weighted by Crippen LogP contribution is -2.12. The molecule has 0 aliphatic heterocycles. The molecule has 158 valence electrons. The Kier molecular flexibility index (Phi) is 6.42. The first-order chi connectivity index (χ1) is 14.2. The van der Waals surface area contributed by atoms with Gasteiger partial charge in [0, 0.05) is 18.2 Å². The topological polar surface area (TPSA) is 87.5 Å². The van der Waals surface area contributed by atoms with E-state index in [1.165, 1.54) is 30.6 Å². The Morgan fingerprint density at radius 1 is 1.20 bits per heavy atom. The number of sulfone groups is 1. The van der Waals surface area contributed by atoms with Crippen molar-refractivity contribution in [2.75, 3.05) is 12.5 Å². The number of carbonyl (C=O) groups is 1. The van der Waals surface area contributed by atoms with Crippen molar-refractivity contribution in [2.24, 2.45) is 0 Å². The van der Waals surface area contributed by atoms with Gasteiger partial charge in [-0.25, -0.2) is 17.8 Å². The Balaban J connectivity index is 1.95. The molecule has 0 atom stereocenters. The van der Waals surface area contributed by atoms with Crippen molar-refractivity contribution in [3.63, 3.8) is 0 Å². The van der Waals surface area contributed by atoms with Crippen LogP contribution < -0.4 is 4.74 Å². The fourth-order valence-electron chi connectivity index (χ4n) is 2.74. The summed E-state index contributed by atoms with van der Waals surface area (Å²) in [6.07, 6.45) is 1.45. The van der Waals surface area contributed by atoms with Gasteiger partial charge in [-0.2, -0.15) is 0 Å². The smallest absolute Gasteiger partial charge is 0.303 e. The zero-order chi connectivity index (χ0) is 21.9. The lowest BCUT2D eigenvalue weighted by Gasteiger charge is -2.11. The highest BCUT2D eigenvalue weighted by Crippen LogP contribution is 2.32. The molecule has 0 N–H and O–H groups in total. The maximum absolute atomic E-state index is 14.3. The summed E-state index contributed by atoms with van der Waals surface area (Å²) in [5, 5.41) is 0.158. The Hall–Kier alpha value is -2.91. The maximum Gasteiger partial charge on any atom is 0.303 e. The molecule has 30 heavy (non-hydrogen) atoms. The van der Waals surface area contributed by atoms with E-state index >= 15 is 0 Å². The second-order valence-corrected chi connectivity index (χ2v) is 8.49. The Morgan fingerprint density at radius 2 is 1.90 bits per heavy atom. The lowest BCUT2D eigenvalue weighted by molar-refractivity contribution is -0.138. The van der Waals surface area contributed by atoms with Gasteiger partial charge in [-0.05, 0) is 49.4 Å². The first-order valence-electron chi connectivity index (χ1n) is 8.85. The van der Waals surface area contributed by atoms with E-state index in [9.17, 15) is 17.6 Å². The number of hydrogen-bond donors (Lipinski definition) is 0. The lowest BCUT2D eigenvalue weighted by atomic mass is 10.1. The second-order valence-electron chi connectivity index (χ2n) is 6.19. The molecule has 7 nitrogen and oxygen atoms in total. The molecule has 0 radical (unpaired) electrons. The molecule has 3 aromatic rings. The van der Waals surface area contributed by atoms with E-state index in [1.54, 1.807) is 29.7 Å². The normalized spacial score (nSPS) is 11.3. The third-order valence-corrected chi connectivity index (χ3v) is 5.81. The monoisotopic (exact) mass is 452 g/mol. The van der Waals surface area contributed by atoms with Gasteiger partial charge in [0.25, 0.3) is 0 Å². The molecule has 0 aliphatic carbocycles. The van der Waals surface area contributed by atoms with Crippen LogP contribution >= 0.6 is 11.6 Å². The number of imidazole rings is 1. The molecular formula is C20H18ClFN2O5S. The van der Waals surface area contributed by atoms with Crippen LogP contribution in [-0.4, -0.2) is 36.5 Å². The highest BCUT2D eigenvalue weighted by Gasteiger charge is 2.18. The molecule has 0 saturated carbocycles. The summed E-state index contributed by atoms with van der Waals surface area (Å²) in [6.45, 7) is 3.23. The van der Waals surface area contributed by atoms with Gasteiger partial charge in [-0.1, -0.05) is 11.6 Å². The van der Waals surface area contributed by atoms with Crippen LogP contribution in [0.4, 0.5) is 4.39 Å². The number of ether oxygens (including phenoxy) is 2. The Morgan fingerprint density at radius 3 is 2.50 bits per heavy atom. The Labute approximate surface area is 177 Å². The molecule has 0 aliphatic rings. The van der Waals surface area contributed by atoms with Crippen LogP contribution in [0.2, 0.25) is 5.15 Å². The molecule has 0 unspecified atom stereocenters. The molecule has 0 saturated heterocycles. The number of hydrogen-bond acceptors (Lipinski definition) is 6. The molecule has 1 aromatic heterocycles. The standard InChI is InChI=1S/C20H18ClFN2O5S/c1-3-28-18-9-4-14(10-17(18)22)19-20(21)23-11-24(19)15-5-7-16(8-6-15)30(26,27)12-29-13(2)25/h4-11H,3,12H2,1-2H3. The average molecular weight is 453 g/mol. The summed E-state index contributed by atoms with van der Waals surface area (Å²) in [6, 6.07) is 10.3. The minimum Gasteiger partial charge on any atom is -0.491 e. The molecule has 0 amide bonds. The minimum absolute atomic E-state index is 0.00706. The largest absolute Gasteiger partial charge is 0.491 e. The van der Waals surface area contributed by atoms with E-state index < -0.39 is 27.6 Å². The van der Waals surface area contributed by atoms with Crippen molar-refractivity contribution in [3.05, 3.63) is 59.8 Å². The van der Waals surface area contributed by atoms with E-state index in [1.807, 2.05) is 0 Å². The molecule has 10 heteroatoms. The van der Waals surface area contributed by atoms with Crippen LogP contribution in [-0.2, 0) is 19.4 Å². The van der Waals surface area contributed by atoms with Crippen LogP contribution in [0.1, 0.15) is 13.8 Å². The van der Waals surface area contributed by atoms with E-state index in [2.05, 4.69) is 9.72 Å². The van der Waals surface area contributed by atoms with Crippen molar-refractivity contribution in [2.45, 2.75) is 18.7 Å². The highest BCUT2D eigenvalue weighted by atomic mass is 35.5. The zero-order valence-corrected chi connectivity index (χ0v) is 17.7.